The van der Waals surface area contributed by atoms with Gasteiger partial charge >= 0.3 is 0 Å². The van der Waals surface area contributed by atoms with Crippen molar-refractivity contribution in [1.82, 2.24) is 4.90 Å². The van der Waals surface area contributed by atoms with Crippen LogP contribution in [0.1, 0.15) is 24.2 Å². The zero-order chi connectivity index (χ0) is 13.3. The van der Waals surface area contributed by atoms with E-state index in [-0.39, 0.29) is 23.9 Å². The number of aromatic hydroxyl groups is 1. The van der Waals surface area contributed by atoms with Crippen LogP contribution in [-0.4, -0.2) is 41.2 Å². The van der Waals surface area contributed by atoms with Gasteiger partial charge in [-0.2, -0.15) is 0 Å². The largest absolute Gasteiger partial charge is 0.507 e. The van der Waals surface area contributed by atoms with Gasteiger partial charge in [-0.1, -0.05) is 15.9 Å². The Morgan fingerprint density at radius 1 is 1.39 bits per heavy atom. The molecule has 0 radical (unpaired) electrons. The summed E-state index contributed by atoms with van der Waals surface area (Å²) >= 11 is 3.26. The van der Waals surface area contributed by atoms with E-state index in [1.54, 1.807) is 17.0 Å². The van der Waals surface area contributed by atoms with Crippen LogP contribution in [0.25, 0.3) is 0 Å². The maximum Gasteiger partial charge on any atom is 0.257 e. The first kappa shape index (κ1) is 13.4. The van der Waals surface area contributed by atoms with E-state index in [2.05, 4.69) is 15.9 Å². The van der Waals surface area contributed by atoms with Crippen LogP contribution in [0.15, 0.2) is 22.7 Å². The first-order valence-corrected chi connectivity index (χ1v) is 6.70. The fourth-order valence-electron chi connectivity index (χ4n) is 2.20. The number of phenolic OH excluding ortho intramolecular Hbond substituents is 1. The molecule has 1 aromatic carbocycles. The molecule has 1 aromatic rings. The van der Waals surface area contributed by atoms with Gasteiger partial charge < -0.3 is 14.7 Å². The van der Waals surface area contributed by atoms with E-state index in [9.17, 15) is 9.90 Å². The summed E-state index contributed by atoms with van der Waals surface area (Å²) in [6, 6.07) is 4.91. The van der Waals surface area contributed by atoms with Crippen LogP contribution in [0.5, 0.6) is 5.75 Å². The second-order valence-electron chi connectivity index (χ2n) is 4.63. The summed E-state index contributed by atoms with van der Waals surface area (Å²) < 4.78 is 6.34. The third kappa shape index (κ3) is 2.84. The number of rotatable bonds is 1. The number of carbonyl (C=O) groups excluding carboxylic acids is 1. The standard InChI is InChI=1S/C13H16BrNO3/c1-8-6-15(7-9(2)18-8)13(17)11-4-3-10(14)5-12(11)16/h3-5,8-9,16H,6-7H2,1-2H3. The molecule has 0 aliphatic carbocycles. The summed E-state index contributed by atoms with van der Waals surface area (Å²) in [7, 11) is 0. The normalized spacial score (nSPS) is 24.1. The zero-order valence-corrected chi connectivity index (χ0v) is 12.0. The Morgan fingerprint density at radius 2 is 2.00 bits per heavy atom. The number of hydrogen-bond donors (Lipinski definition) is 1. The molecular formula is C13H16BrNO3. The maximum absolute atomic E-state index is 12.3. The molecule has 4 nitrogen and oxygen atoms in total. The van der Waals surface area contributed by atoms with Crippen molar-refractivity contribution in [3.63, 3.8) is 0 Å². The molecule has 1 N–H and O–H groups in total. The van der Waals surface area contributed by atoms with E-state index in [1.807, 2.05) is 13.8 Å². The number of ether oxygens (including phenoxy) is 1. The van der Waals surface area contributed by atoms with Gasteiger partial charge in [0.1, 0.15) is 5.75 Å². The molecule has 0 saturated carbocycles. The number of halogens is 1. The van der Waals surface area contributed by atoms with Crippen molar-refractivity contribution in [2.75, 3.05) is 13.1 Å². The Hall–Kier alpha value is -1.07. The van der Waals surface area contributed by atoms with Gasteiger partial charge in [-0.05, 0) is 32.0 Å². The number of amides is 1. The molecule has 2 atom stereocenters. The minimum absolute atomic E-state index is 0.00109. The number of nitrogens with zero attached hydrogens (tertiary/aromatic N) is 1. The SMILES string of the molecule is CC1CN(C(=O)c2ccc(Br)cc2O)CC(C)O1. The smallest absolute Gasteiger partial charge is 0.257 e. The lowest BCUT2D eigenvalue weighted by molar-refractivity contribution is -0.0586. The number of benzene rings is 1. The van der Waals surface area contributed by atoms with Crippen LogP contribution < -0.4 is 0 Å². The van der Waals surface area contributed by atoms with Crippen molar-refractivity contribution >= 4 is 21.8 Å². The maximum atomic E-state index is 12.3. The van der Waals surface area contributed by atoms with E-state index in [0.29, 0.717) is 18.7 Å². The molecule has 0 spiro atoms. The zero-order valence-electron chi connectivity index (χ0n) is 10.4. The summed E-state index contributed by atoms with van der Waals surface area (Å²) in [6.45, 7) is 4.99. The molecule has 98 valence electrons. The number of morpholine rings is 1. The van der Waals surface area contributed by atoms with Gasteiger partial charge in [-0.25, -0.2) is 0 Å². The van der Waals surface area contributed by atoms with Crippen molar-refractivity contribution in [2.24, 2.45) is 0 Å². The van der Waals surface area contributed by atoms with Crippen molar-refractivity contribution < 1.29 is 14.6 Å². The summed E-state index contributed by atoms with van der Waals surface area (Å²) in [5.41, 5.74) is 0.333. The van der Waals surface area contributed by atoms with E-state index < -0.39 is 0 Å². The van der Waals surface area contributed by atoms with Crippen LogP contribution in [0, 0.1) is 0 Å². The highest BCUT2D eigenvalue weighted by atomic mass is 79.9. The molecule has 5 heteroatoms. The monoisotopic (exact) mass is 313 g/mol. The van der Waals surface area contributed by atoms with E-state index in [4.69, 9.17) is 4.74 Å². The van der Waals surface area contributed by atoms with Crippen LogP contribution in [0.2, 0.25) is 0 Å². The average Bonchev–Trinajstić information content (AvgIpc) is 2.26. The lowest BCUT2D eigenvalue weighted by atomic mass is 10.1. The molecule has 1 fully saturated rings. The van der Waals surface area contributed by atoms with Crippen molar-refractivity contribution in [3.8, 4) is 5.75 Å². The highest BCUT2D eigenvalue weighted by Gasteiger charge is 2.27. The molecule has 1 saturated heterocycles. The van der Waals surface area contributed by atoms with Gasteiger partial charge in [-0.3, -0.25) is 4.79 Å². The molecule has 0 aromatic heterocycles. The topological polar surface area (TPSA) is 49.8 Å². The molecule has 1 heterocycles. The molecule has 1 aliphatic rings. The summed E-state index contributed by atoms with van der Waals surface area (Å²) in [6.07, 6.45) is 0.0468. The quantitative estimate of drug-likeness (QED) is 0.866. The second kappa shape index (κ2) is 5.28. The summed E-state index contributed by atoms with van der Waals surface area (Å²) in [5, 5.41) is 9.82. The minimum Gasteiger partial charge on any atom is -0.507 e. The Kier molecular flexibility index (Phi) is 3.92. The summed E-state index contributed by atoms with van der Waals surface area (Å²) in [5.74, 6) is -0.150. The van der Waals surface area contributed by atoms with Crippen molar-refractivity contribution in [2.45, 2.75) is 26.1 Å². The summed E-state index contributed by atoms with van der Waals surface area (Å²) in [4.78, 5) is 14.0. The van der Waals surface area contributed by atoms with Crippen molar-refractivity contribution in [1.29, 1.82) is 0 Å². The third-order valence-corrected chi connectivity index (χ3v) is 3.39. The van der Waals surface area contributed by atoms with E-state index >= 15 is 0 Å². The van der Waals surface area contributed by atoms with Crippen LogP contribution in [0.4, 0.5) is 0 Å². The van der Waals surface area contributed by atoms with Gasteiger partial charge in [0.15, 0.2) is 0 Å². The Morgan fingerprint density at radius 3 is 2.56 bits per heavy atom. The molecule has 2 unspecified atom stereocenters. The average molecular weight is 314 g/mol. The van der Waals surface area contributed by atoms with Gasteiger partial charge in [-0.15, -0.1) is 0 Å². The number of carbonyl (C=O) groups is 1. The van der Waals surface area contributed by atoms with Gasteiger partial charge in [0, 0.05) is 17.6 Å². The van der Waals surface area contributed by atoms with E-state index in [1.165, 1.54) is 6.07 Å². The van der Waals surface area contributed by atoms with Gasteiger partial charge in [0.25, 0.3) is 5.91 Å². The highest BCUT2D eigenvalue weighted by Crippen LogP contribution is 2.24. The Labute approximate surface area is 115 Å². The van der Waals surface area contributed by atoms with Crippen LogP contribution >= 0.6 is 15.9 Å². The first-order valence-electron chi connectivity index (χ1n) is 5.90. The second-order valence-corrected chi connectivity index (χ2v) is 5.54. The molecule has 2 rings (SSSR count). The molecule has 1 amide bonds. The molecular weight excluding hydrogens is 298 g/mol. The fraction of sp³-hybridized carbons (Fsp3) is 0.462. The fourth-order valence-corrected chi connectivity index (χ4v) is 2.55. The number of phenols is 1. The van der Waals surface area contributed by atoms with Crippen molar-refractivity contribution in [3.05, 3.63) is 28.2 Å². The molecule has 0 bridgehead atoms. The van der Waals surface area contributed by atoms with Gasteiger partial charge in [0.05, 0.1) is 17.8 Å². The van der Waals surface area contributed by atoms with E-state index in [0.717, 1.165) is 4.47 Å². The van der Waals surface area contributed by atoms with Gasteiger partial charge in [0.2, 0.25) is 0 Å². The number of hydrogen-bond acceptors (Lipinski definition) is 3. The predicted molar refractivity (Wildman–Crippen MR) is 71.7 cm³/mol. The Bertz CT molecular complexity index is 454. The van der Waals surface area contributed by atoms with Crippen LogP contribution in [-0.2, 0) is 4.74 Å². The lowest BCUT2D eigenvalue weighted by Gasteiger charge is -2.35. The third-order valence-electron chi connectivity index (χ3n) is 2.90. The molecule has 1 aliphatic heterocycles. The Balaban J connectivity index is 2.20. The highest BCUT2D eigenvalue weighted by molar-refractivity contribution is 9.10. The predicted octanol–water partition coefficient (Wildman–Crippen LogP) is 2.40. The molecule has 18 heavy (non-hydrogen) atoms. The lowest BCUT2D eigenvalue weighted by Crippen LogP contribution is -2.48. The first-order chi connectivity index (χ1) is 8.47. The minimum atomic E-state index is -0.151. The van der Waals surface area contributed by atoms with Crippen LogP contribution in [0.3, 0.4) is 0 Å².